The minimum atomic E-state index is -1.08. The van der Waals surface area contributed by atoms with Gasteiger partial charge in [0.15, 0.2) is 0 Å². The van der Waals surface area contributed by atoms with E-state index in [2.05, 4.69) is 31.9 Å². The van der Waals surface area contributed by atoms with Crippen LogP contribution in [0.5, 0.6) is 0 Å². The van der Waals surface area contributed by atoms with Gasteiger partial charge in [-0.3, -0.25) is 0 Å². The predicted molar refractivity (Wildman–Crippen MR) is 83.8 cm³/mol. The maximum atomic E-state index is 11.7. The quantitative estimate of drug-likeness (QED) is 0.565. The molecule has 0 heterocycles. The Bertz CT molecular complexity index is 532. The number of carbonyl (C=O) groups is 2. The monoisotopic (exact) mass is 355 g/mol. The van der Waals surface area contributed by atoms with E-state index in [1.165, 1.54) is 18.9 Å². The van der Waals surface area contributed by atoms with Crippen LogP contribution in [0.2, 0.25) is 0 Å². The van der Waals surface area contributed by atoms with Crippen LogP contribution in [0.15, 0.2) is 22.7 Å². The van der Waals surface area contributed by atoms with Gasteiger partial charge in [-0.05, 0) is 44.0 Å². The van der Waals surface area contributed by atoms with Gasteiger partial charge in [-0.1, -0.05) is 15.9 Å². The molecule has 0 saturated heterocycles. The Labute approximate surface area is 131 Å². The van der Waals surface area contributed by atoms with Gasteiger partial charge < -0.3 is 21.1 Å². The molecule has 2 rings (SSSR count). The van der Waals surface area contributed by atoms with Crippen LogP contribution in [-0.2, 0) is 0 Å². The molecular formula is C14H18BrN3O3. The van der Waals surface area contributed by atoms with Gasteiger partial charge in [0.05, 0.1) is 11.3 Å². The van der Waals surface area contributed by atoms with Crippen molar-refractivity contribution in [2.75, 3.05) is 18.4 Å². The first-order chi connectivity index (χ1) is 10.1. The van der Waals surface area contributed by atoms with Crippen molar-refractivity contribution in [1.82, 2.24) is 10.6 Å². The Morgan fingerprint density at radius 1 is 1.29 bits per heavy atom. The maximum Gasteiger partial charge on any atom is 0.337 e. The summed E-state index contributed by atoms with van der Waals surface area (Å²) in [5, 5.41) is 17.7. The fraction of sp³-hybridized carbons (Fsp3) is 0.429. The van der Waals surface area contributed by atoms with Crippen LogP contribution in [0, 0.1) is 0 Å². The molecule has 1 aromatic carbocycles. The second-order valence-electron chi connectivity index (χ2n) is 4.96. The van der Waals surface area contributed by atoms with E-state index < -0.39 is 12.0 Å². The molecule has 1 aromatic rings. The van der Waals surface area contributed by atoms with E-state index in [1.807, 2.05) is 0 Å². The number of benzene rings is 1. The number of urea groups is 1. The average molecular weight is 356 g/mol. The molecule has 0 aromatic heterocycles. The molecule has 114 valence electrons. The highest BCUT2D eigenvalue weighted by molar-refractivity contribution is 9.10. The van der Waals surface area contributed by atoms with Crippen LogP contribution >= 0.6 is 15.9 Å². The number of halogens is 1. The molecule has 0 radical (unpaired) electrons. The summed E-state index contributed by atoms with van der Waals surface area (Å²) in [6.07, 6.45) is 3.33. The van der Waals surface area contributed by atoms with Crippen molar-refractivity contribution in [3.8, 4) is 0 Å². The maximum absolute atomic E-state index is 11.7. The Balaban J connectivity index is 1.77. The number of carbonyl (C=O) groups excluding carboxylic acids is 1. The molecule has 21 heavy (non-hydrogen) atoms. The standard InChI is InChI=1S/C14H18BrN3O3/c15-9-2-5-12(11(8-9)13(19)20)18-14(21)17-7-1-6-16-10-3-4-10/h2,5,8,10,16H,1,3-4,6-7H2,(H,19,20)(H2,17,18,21). The number of hydrogen-bond donors (Lipinski definition) is 4. The van der Waals surface area contributed by atoms with E-state index in [0.29, 0.717) is 17.1 Å². The van der Waals surface area contributed by atoms with Crippen LogP contribution in [0.3, 0.4) is 0 Å². The average Bonchev–Trinajstić information content (AvgIpc) is 3.24. The van der Waals surface area contributed by atoms with Crippen molar-refractivity contribution in [2.45, 2.75) is 25.3 Å². The molecule has 7 heteroatoms. The number of carboxylic acids is 1. The lowest BCUT2D eigenvalue weighted by Crippen LogP contribution is -2.32. The predicted octanol–water partition coefficient (Wildman–Crippen LogP) is 2.41. The minimum Gasteiger partial charge on any atom is -0.478 e. The first-order valence-corrected chi connectivity index (χ1v) is 7.66. The molecule has 1 aliphatic rings. The van der Waals surface area contributed by atoms with Crippen LogP contribution in [0.1, 0.15) is 29.6 Å². The molecule has 0 unspecified atom stereocenters. The SMILES string of the molecule is O=C(NCCCNC1CC1)Nc1ccc(Br)cc1C(=O)O. The Hall–Kier alpha value is -1.60. The third-order valence-corrected chi connectivity index (χ3v) is 3.60. The van der Waals surface area contributed by atoms with Crippen molar-refractivity contribution in [1.29, 1.82) is 0 Å². The van der Waals surface area contributed by atoms with E-state index in [9.17, 15) is 9.59 Å². The molecule has 2 amide bonds. The second kappa shape index (κ2) is 7.42. The van der Waals surface area contributed by atoms with Crippen LogP contribution in [-0.4, -0.2) is 36.2 Å². The topological polar surface area (TPSA) is 90.5 Å². The summed E-state index contributed by atoms with van der Waals surface area (Å²) in [6, 6.07) is 4.96. The van der Waals surface area contributed by atoms with Crippen molar-refractivity contribution in [3.63, 3.8) is 0 Å². The van der Waals surface area contributed by atoms with E-state index in [0.717, 1.165) is 13.0 Å². The fourth-order valence-electron chi connectivity index (χ4n) is 1.85. The van der Waals surface area contributed by atoms with Crippen LogP contribution < -0.4 is 16.0 Å². The number of nitrogens with one attached hydrogen (secondary N) is 3. The summed E-state index contributed by atoms with van der Waals surface area (Å²) in [5.74, 6) is -1.08. The van der Waals surface area contributed by atoms with E-state index in [-0.39, 0.29) is 11.3 Å². The summed E-state index contributed by atoms with van der Waals surface area (Å²) < 4.78 is 0.650. The van der Waals surface area contributed by atoms with Crippen molar-refractivity contribution in [3.05, 3.63) is 28.2 Å². The van der Waals surface area contributed by atoms with Crippen molar-refractivity contribution >= 4 is 33.6 Å². The van der Waals surface area contributed by atoms with Gasteiger partial charge >= 0.3 is 12.0 Å². The third kappa shape index (κ3) is 5.35. The zero-order valence-corrected chi connectivity index (χ0v) is 13.1. The molecule has 0 atom stereocenters. The molecule has 1 saturated carbocycles. The Morgan fingerprint density at radius 3 is 2.71 bits per heavy atom. The number of rotatable bonds is 7. The van der Waals surface area contributed by atoms with Gasteiger partial charge in [-0.2, -0.15) is 0 Å². The smallest absolute Gasteiger partial charge is 0.337 e. The molecular weight excluding hydrogens is 338 g/mol. The van der Waals surface area contributed by atoms with Gasteiger partial charge in [0, 0.05) is 17.1 Å². The number of hydrogen-bond acceptors (Lipinski definition) is 3. The van der Waals surface area contributed by atoms with E-state index in [4.69, 9.17) is 5.11 Å². The molecule has 0 spiro atoms. The number of anilines is 1. The number of amides is 2. The summed E-state index contributed by atoms with van der Waals surface area (Å²) in [5.41, 5.74) is 0.328. The largest absolute Gasteiger partial charge is 0.478 e. The molecule has 4 N–H and O–H groups in total. The highest BCUT2D eigenvalue weighted by Gasteiger charge is 2.19. The fourth-order valence-corrected chi connectivity index (χ4v) is 2.21. The third-order valence-electron chi connectivity index (χ3n) is 3.11. The van der Waals surface area contributed by atoms with Gasteiger partial charge in [0.2, 0.25) is 0 Å². The van der Waals surface area contributed by atoms with Crippen LogP contribution in [0.4, 0.5) is 10.5 Å². The van der Waals surface area contributed by atoms with Gasteiger partial charge in [0.1, 0.15) is 0 Å². The molecule has 0 bridgehead atoms. The zero-order valence-electron chi connectivity index (χ0n) is 11.5. The number of aromatic carboxylic acids is 1. The lowest BCUT2D eigenvalue weighted by atomic mass is 10.2. The van der Waals surface area contributed by atoms with Gasteiger partial charge in [-0.15, -0.1) is 0 Å². The summed E-state index contributed by atoms with van der Waals surface area (Å²) >= 11 is 3.21. The van der Waals surface area contributed by atoms with Crippen LogP contribution in [0.25, 0.3) is 0 Å². The van der Waals surface area contributed by atoms with Gasteiger partial charge in [-0.25, -0.2) is 9.59 Å². The zero-order chi connectivity index (χ0) is 15.2. The summed E-state index contributed by atoms with van der Waals surface area (Å²) in [7, 11) is 0. The minimum absolute atomic E-state index is 0.0509. The first-order valence-electron chi connectivity index (χ1n) is 6.87. The Morgan fingerprint density at radius 2 is 2.05 bits per heavy atom. The molecule has 0 aliphatic heterocycles. The van der Waals surface area contributed by atoms with Crippen molar-refractivity contribution < 1.29 is 14.7 Å². The highest BCUT2D eigenvalue weighted by Crippen LogP contribution is 2.21. The molecule has 6 nitrogen and oxygen atoms in total. The van der Waals surface area contributed by atoms with E-state index in [1.54, 1.807) is 12.1 Å². The molecule has 1 fully saturated rings. The molecule has 1 aliphatic carbocycles. The second-order valence-corrected chi connectivity index (χ2v) is 5.87. The van der Waals surface area contributed by atoms with E-state index >= 15 is 0 Å². The summed E-state index contributed by atoms with van der Waals surface area (Å²) in [6.45, 7) is 1.42. The first kappa shape index (κ1) is 15.8. The normalized spacial score (nSPS) is 13.8. The number of carboxylic acid groups (broad SMARTS) is 1. The van der Waals surface area contributed by atoms with Gasteiger partial charge in [0.25, 0.3) is 0 Å². The van der Waals surface area contributed by atoms with Crippen molar-refractivity contribution in [2.24, 2.45) is 0 Å². The Kier molecular flexibility index (Phi) is 5.58. The lowest BCUT2D eigenvalue weighted by molar-refractivity contribution is 0.0698. The summed E-state index contributed by atoms with van der Waals surface area (Å²) in [4.78, 5) is 22.9. The highest BCUT2D eigenvalue weighted by atomic mass is 79.9. The lowest BCUT2D eigenvalue weighted by Gasteiger charge is -2.10.